The summed E-state index contributed by atoms with van der Waals surface area (Å²) in [5.41, 5.74) is 2.39. The molecule has 1 aliphatic heterocycles. The molecular weight excluding hydrogens is 599 g/mol. The number of carbonyl (C=O) groups excluding carboxylic acids is 1. The first-order valence-electron chi connectivity index (χ1n) is 14.5. The molecule has 3 aromatic carbocycles. The van der Waals surface area contributed by atoms with E-state index in [2.05, 4.69) is 27.0 Å². The first-order valence-corrected chi connectivity index (χ1v) is 15.5. The van der Waals surface area contributed by atoms with Crippen LogP contribution in [0, 0.1) is 28.8 Å². The molecule has 1 saturated heterocycles. The number of pyridine rings is 1. The van der Waals surface area contributed by atoms with Crippen LogP contribution in [0.3, 0.4) is 0 Å². The molecule has 3 N–H and O–H groups in total. The van der Waals surface area contributed by atoms with Gasteiger partial charge in [0.15, 0.2) is 0 Å². The molecule has 1 amide bonds. The smallest absolute Gasteiger partial charge is 0.247 e. The lowest BCUT2D eigenvalue weighted by Crippen LogP contribution is -2.45. The second-order valence-corrected chi connectivity index (χ2v) is 11.8. The maximum absolute atomic E-state index is 15.1. The predicted molar refractivity (Wildman–Crippen MR) is 168 cm³/mol. The molecule has 45 heavy (non-hydrogen) atoms. The fourth-order valence-corrected chi connectivity index (χ4v) is 6.01. The first kappa shape index (κ1) is 32.0. The quantitative estimate of drug-likeness (QED) is 0.162. The van der Waals surface area contributed by atoms with Crippen molar-refractivity contribution >= 4 is 29.0 Å². The number of thioether (sulfide) groups is 1. The standard InChI is InChI=1S/C34H32F3N5O2S/c35-24-6-4-22(5-7-24)15-32(41-26-10-8-25(36)9-11-26)34(43)42-33-20-40-19-31(37)30(33)13-12-27-17-39-18-28(44-27)21-45-29-3-1-2-23(14-29)16-38/h1-11,14,19-20,27-28,32,39,41H,12-13,15,17-18,21H2,(H,42,43)/t27-,28+,32+/m1/s1. The molecule has 0 spiro atoms. The van der Waals surface area contributed by atoms with E-state index in [1.54, 1.807) is 30.0 Å². The summed E-state index contributed by atoms with van der Waals surface area (Å²) in [5, 5.41) is 18.5. The number of nitriles is 1. The maximum atomic E-state index is 15.1. The summed E-state index contributed by atoms with van der Waals surface area (Å²) < 4.78 is 48.4. The number of hydrogen-bond acceptors (Lipinski definition) is 7. The minimum atomic E-state index is -0.838. The fraction of sp³-hybridized carbons (Fsp3) is 0.265. The SMILES string of the molecule is N#Cc1cccc(SC[C@@H]2CNC[C@@H](CCc3c(F)cncc3NC(=O)[C@H](Cc3ccc(F)cc3)Nc3ccc(F)cc3)O2)c1. The van der Waals surface area contributed by atoms with Crippen LogP contribution >= 0.6 is 11.8 Å². The number of carbonyl (C=O) groups is 1. The summed E-state index contributed by atoms with van der Waals surface area (Å²) in [4.78, 5) is 18.5. The number of benzene rings is 3. The molecule has 0 radical (unpaired) electrons. The Balaban J connectivity index is 1.23. The van der Waals surface area contributed by atoms with E-state index in [-0.39, 0.29) is 24.3 Å². The molecule has 4 aromatic rings. The Morgan fingerprint density at radius 2 is 1.76 bits per heavy atom. The Morgan fingerprint density at radius 3 is 2.51 bits per heavy atom. The van der Waals surface area contributed by atoms with Crippen molar-refractivity contribution in [1.29, 1.82) is 5.26 Å². The average Bonchev–Trinajstić information content (AvgIpc) is 3.05. The van der Waals surface area contributed by atoms with Crippen LogP contribution in [0.4, 0.5) is 24.5 Å². The van der Waals surface area contributed by atoms with Crippen molar-refractivity contribution in [3.05, 3.63) is 119 Å². The molecule has 1 aromatic heterocycles. The molecule has 3 atom stereocenters. The molecule has 11 heteroatoms. The van der Waals surface area contributed by atoms with Gasteiger partial charge in [-0.3, -0.25) is 9.78 Å². The normalized spacial score (nSPS) is 16.8. The van der Waals surface area contributed by atoms with Gasteiger partial charge >= 0.3 is 0 Å². The van der Waals surface area contributed by atoms with Crippen molar-refractivity contribution in [2.45, 2.75) is 42.4 Å². The molecule has 0 bridgehead atoms. The van der Waals surface area contributed by atoms with Crippen LogP contribution in [0.15, 0.2) is 90.1 Å². The van der Waals surface area contributed by atoms with Crippen molar-refractivity contribution in [2.75, 3.05) is 29.5 Å². The summed E-state index contributed by atoms with van der Waals surface area (Å²) in [7, 11) is 0. The Hall–Kier alpha value is -4.37. The van der Waals surface area contributed by atoms with Crippen molar-refractivity contribution < 1.29 is 22.7 Å². The van der Waals surface area contributed by atoms with Crippen LogP contribution in [0.2, 0.25) is 0 Å². The molecule has 7 nitrogen and oxygen atoms in total. The van der Waals surface area contributed by atoms with Crippen LogP contribution in [-0.4, -0.2) is 48.0 Å². The number of aromatic nitrogens is 1. The number of nitrogens with one attached hydrogen (secondary N) is 3. The summed E-state index contributed by atoms with van der Waals surface area (Å²) in [6.45, 7) is 1.30. The Morgan fingerprint density at radius 1 is 1.02 bits per heavy atom. The lowest BCUT2D eigenvalue weighted by molar-refractivity contribution is -0.116. The summed E-state index contributed by atoms with van der Waals surface area (Å²) in [6, 6.07) is 20.1. The number of anilines is 2. The first-order chi connectivity index (χ1) is 21.9. The molecule has 2 heterocycles. The third kappa shape index (κ3) is 9.31. The van der Waals surface area contributed by atoms with Gasteiger partial charge in [0.05, 0.1) is 41.9 Å². The van der Waals surface area contributed by atoms with Crippen LogP contribution < -0.4 is 16.0 Å². The Labute approximate surface area is 264 Å². The van der Waals surface area contributed by atoms with Crippen molar-refractivity contribution in [3.8, 4) is 6.07 Å². The summed E-state index contributed by atoms with van der Waals surface area (Å²) >= 11 is 1.61. The van der Waals surface area contributed by atoms with E-state index in [1.165, 1.54) is 42.6 Å². The third-order valence-corrected chi connectivity index (χ3v) is 8.49. The Bertz CT molecular complexity index is 1590. The number of nitrogens with zero attached hydrogens (tertiary/aromatic N) is 2. The molecule has 0 aliphatic carbocycles. The largest absolute Gasteiger partial charge is 0.373 e. The summed E-state index contributed by atoms with van der Waals surface area (Å²) in [5.74, 6) is -1.11. The van der Waals surface area contributed by atoms with Gasteiger partial charge in [-0.15, -0.1) is 11.8 Å². The van der Waals surface area contributed by atoms with E-state index < -0.39 is 29.4 Å². The highest BCUT2D eigenvalue weighted by Crippen LogP contribution is 2.25. The monoisotopic (exact) mass is 631 g/mol. The fourth-order valence-electron chi connectivity index (χ4n) is 5.05. The molecule has 5 rings (SSSR count). The highest BCUT2D eigenvalue weighted by molar-refractivity contribution is 7.99. The zero-order valence-electron chi connectivity index (χ0n) is 24.3. The molecule has 0 saturated carbocycles. The highest BCUT2D eigenvalue weighted by Gasteiger charge is 2.25. The highest BCUT2D eigenvalue weighted by atomic mass is 32.2. The minimum absolute atomic E-state index is 0.0642. The second-order valence-electron chi connectivity index (χ2n) is 10.7. The predicted octanol–water partition coefficient (Wildman–Crippen LogP) is 6.11. The molecule has 1 aliphatic rings. The summed E-state index contributed by atoms with van der Waals surface area (Å²) in [6.07, 6.45) is 3.31. The van der Waals surface area contributed by atoms with Gasteiger partial charge < -0.3 is 20.7 Å². The lowest BCUT2D eigenvalue weighted by atomic mass is 10.0. The van der Waals surface area contributed by atoms with E-state index in [1.807, 2.05) is 18.2 Å². The van der Waals surface area contributed by atoms with Crippen LogP contribution in [-0.2, 0) is 22.4 Å². The number of rotatable bonds is 12. The second kappa shape index (κ2) is 15.6. The van der Waals surface area contributed by atoms with Crippen molar-refractivity contribution in [3.63, 3.8) is 0 Å². The third-order valence-electron chi connectivity index (χ3n) is 7.36. The van der Waals surface area contributed by atoms with Gasteiger partial charge in [-0.25, -0.2) is 13.2 Å². The van der Waals surface area contributed by atoms with Crippen LogP contribution in [0.25, 0.3) is 0 Å². The number of halogens is 3. The van der Waals surface area contributed by atoms with E-state index >= 15 is 4.39 Å². The van der Waals surface area contributed by atoms with E-state index in [4.69, 9.17) is 10.00 Å². The van der Waals surface area contributed by atoms with E-state index in [0.29, 0.717) is 54.1 Å². The van der Waals surface area contributed by atoms with Gasteiger partial charge in [0.25, 0.3) is 0 Å². The van der Waals surface area contributed by atoms with Gasteiger partial charge in [0, 0.05) is 41.4 Å². The average molecular weight is 632 g/mol. The van der Waals surface area contributed by atoms with Crippen LogP contribution in [0.1, 0.15) is 23.1 Å². The number of hydrogen-bond donors (Lipinski definition) is 3. The van der Waals surface area contributed by atoms with E-state index in [9.17, 15) is 13.6 Å². The van der Waals surface area contributed by atoms with Crippen molar-refractivity contribution in [2.24, 2.45) is 0 Å². The zero-order chi connectivity index (χ0) is 31.6. The van der Waals surface area contributed by atoms with Crippen LogP contribution in [0.5, 0.6) is 0 Å². The van der Waals surface area contributed by atoms with Gasteiger partial charge in [-0.2, -0.15) is 5.26 Å². The maximum Gasteiger partial charge on any atom is 0.247 e. The van der Waals surface area contributed by atoms with Gasteiger partial charge in [0.1, 0.15) is 23.5 Å². The van der Waals surface area contributed by atoms with Gasteiger partial charge in [0.2, 0.25) is 5.91 Å². The lowest BCUT2D eigenvalue weighted by Gasteiger charge is -2.31. The molecule has 1 fully saturated rings. The minimum Gasteiger partial charge on any atom is -0.373 e. The zero-order valence-corrected chi connectivity index (χ0v) is 25.1. The molecule has 0 unspecified atom stereocenters. The van der Waals surface area contributed by atoms with Gasteiger partial charge in [-0.05, 0) is 73.0 Å². The number of morpholine rings is 1. The molecular formula is C34H32F3N5O2S. The van der Waals surface area contributed by atoms with Gasteiger partial charge in [-0.1, -0.05) is 18.2 Å². The Kier molecular flexibility index (Phi) is 11.1. The topological polar surface area (TPSA) is 99.1 Å². The van der Waals surface area contributed by atoms with E-state index in [0.717, 1.165) is 11.1 Å². The number of ether oxygens (including phenoxy) is 1. The molecule has 232 valence electrons. The number of amides is 1. The van der Waals surface area contributed by atoms with Crippen molar-refractivity contribution in [1.82, 2.24) is 10.3 Å².